The molecular formula is C21H11F11N2O2. The van der Waals surface area contributed by atoms with Crippen molar-refractivity contribution in [3.05, 3.63) is 70.8 Å². The average Bonchev–Trinajstić information content (AvgIpc) is 2.70. The second-order valence-corrected chi connectivity index (χ2v) is 7.07. The van der Waals surface area contributed by atoms with Crippen LogP contribution in [-0.4, -0.2) is 0 Å². The molecule has 0 heterocycles. The van der Waals surface area contributed by atoms with Crippen LogP contribution in [0.2, 0.25) is 0 Å². The summed E-state index contributed by atoms with van der Waals surface area (Å²) in [6, 6.07) is 2.68. The summed E-state index contributed by atoms with van der Waals surface area (Å²) in [5.41, 5.74) is 3.95. The lowest BCUT2D eigenvalue weighted by Gasteiger charge is -2.19. The minimum absolute atomic E-state index is 0.228. The van der Waals surface area contributed by atoms with E-state index >= 15 is 4.39 Å². The van der Waals surface area contributed by atoms with E-state index in [4.69, 9.17) is 20.9 Å². The highest BCUT2D eigenvalue weighted by atomic mass is 19.4. The zero-order valence-corrected chi connectivity index (χ0v) is 17.2. The molecule has 0 aliphatic heterocycles. The number of hydrogen-bond acceptors (Lipinski definition) is 4. The van der Waals surface area contributed by atoms with Crippen LogP contribution in [0.15, 0.2) is 42.5 Å². The van der Waals surface area contributed by atoms with E-state index in [1.54, 1.807) is 0 Å². The lowest BCUT2D eigenvalue weighted by atomic mass is 10.1. The summed E-state index contributed by atoms with van der Waals surface area (Å²) in [6.45, 7) is 0. The Labute approximate surface area is 193 Å². The van der Waals surface area contributed by atoms with Gasteiger partial charge in [-0.3, -0.25) is 0 Å². The maximum Gasteiger partial charge on any atom is 0.420 e. The molecule has 0 saturated heterocycles. The number of nitrogen functional groups attached to an aromatic ring is 2. The predicted molar refractivity (Wildman–Crippen MR) is 103 cm³/mol. The van der Waals surface area contributed by atoms with Crippen molar-refractivity contribution in [2.45, 2.75) is 18.5 Å². The van der Waals surface area contributed by atoms with Crippen LogP contribution < -0.4 is 20.9 Å². The Morgan fingerprint density at radius 1 is 0.528 bits per heavy atom. The molecule has 3 aromatic carbocycles. The highest BCUT2D eigenvalue weighted by molar-refractivity contribution is 5.56. The minimum Gasteiger partial charge on any atom is -0.453 e. The van der Waals surface area contributed by atoms with E-state index in [0.717, 1.165) is 0 Å². The van der Waals surface area contributed by atoms with Crippen LogP contribution in [0, 0.1) is 11.6 Å². The summed E-state index contributed by atoms with van der Waals surface area (Å²) in [7, 11) is 0. The van der Waals surface area contributed by atoms with Gasteiger partial charge in [0, 0.05) is 23.5 Å². The van der Waals surface area contributed by atoms with E-state index in [1.807, 2.05) is 0 Å². The third-order valence-electron chi connectivity index (χ3n) is 4.53. The molecule has 0 saturated carbocycles. The molecule has 4 N–H and O–H groups in total. The van der Waals surface area contributed by atoms with Gasteiger partial charge in [0.2, 0.25) is 11.6 Å². The molecule has 3 rings (SSSR count). The van der Waals surface area contributed by atoms with Crippen LogP contribution in [0.3, 0.4) is 0 Å². The molecule has 0 radical (unpaired) electrons. The van der Waals surface area contributed by atoms with Crippen molar-refractivity contribution in [3.63, 3.8) is 0 Å². The molecule has 0 aliphatic rings. The van der Waals surface area contributed by atoms with Crippen LogP contribution in [0.1, 0.15) is 16.7 Å². The fourth-order valence-corrected chi connectivity index (χ4v) is 2.95. The fourth-order valence-electron chi connectivity index (χ4n) is 2.95. The molecule has 0 amide bonds. The fraction of sp³-hybridized carbons (Fsp3) is 0.143. The Balaban J connectivity index is 2.08. The molecule has 3 aromatic rings. The standard InChI is InChI=1S/C21H11F11N2O2/c22-13-7-12(21(30,31)32)17(35-8-1-3-10(14(33)5-8)19(24,25)26)16(23)18(13)36-9-2-4-11(15(34)6-9)20(27,28)29/h1-7H,33-34H2. The molecule has 0 unspecified atom stereocenters. The van der Waals surface area contributed by atoms with E-state index in [0.29, 0.717) is 36.4 Å². The van der Waals surface area contributed by atoms with Gasteiger partial charge >= 0.3 is 18.5 Å². The monoisotopic (exact) mass is 532 g/mol. The van der Waals surface area contributed by atoms with Gasteiger partial charge in [-0.25, -0.2) is 4.39 Å². The largest absolute Gasteiger partial charge is 0.453 e. The summed E-state index contributed by atoms with van der Waals surface area (Å²) in [4.78, 5) is 0. The summed E-state index contributed by atoms with van der Waals surface area (Å²) in [6.07, 6.45) is -15.2. The van der Waals surface area contributed by atoms with E-state index in [1.165, 1.54) is 0 Å². The average molecular weight is 532 g/mol. The van der Waals surface area contributed by atoms with Crippen LogP contribution in [0.25, 0.3) is 0 Å². The van der Waals surface area contributed by atoms with Gasteiger partial charge < -0.3 is 20.9 Å². The molecule has 4 nitrogen and oxygen atoms in total. The molecule has 0 fully saturated rings. The summed E-state index contributed by atoms with van der Waals surface area (Å²) < 4.78 is 156. The van der Waals surface area contributed by atoms with Crippen molar-refractivity contribution in [2.75, 3.05) is 11.5 Å². The molecule has 36 heavy (non-hydrogen) atoms. The van der Waals surface area contributed by atoms with Gasteiger partial charge in [0.1, 0.15) is 17.1 Å². The van der Waals surface area contributed by atoms with Crippen molar-refractivity contribution >= 4 is 11.4 Å². The van der Waals surface area contributed by atoms with Crippen LogP contribution in [-0.2, 0) is 18.5 Å². The number of nitrogens with two attached hydrogens (primary N) is 2. The number of ether oxygens (including phenoxy) is 2. The van der Waals surface area contributed by atoms with Gasteiger partial charge in [-0.15, -0.1) is 0 Å². The quantitative estimate of drug-likeness (QED) is 0.266. The second-order valence-electron chi connectivity index (χ2n) is 7.07. The van der Waals surface area contributed by atoms with Gasteiger partial charge in [-0.05, 0) is 30.3 Å². The van der Waals surface area contributed by atoms with Gasteiger partial charge in [0.25, 0.3) is 0 Å². The van der Waals surface area contributed by atoms with Crippen molar-refractivity contribution < 1.29 is 57.8 Å². The van der Waals surface area contributed by atoms with Crippen molar-refractivity contribution in [1.82, 2.24) is 0 Å². The van der Waals surface area contributed by atoms with Crippen molar-refractivity contribution in [1.29, 1.82) is 0 Å². The first-order valence-corrected chi connectivity index (χ1v) is 9.28. The summed E-state index contributed by atoms with van der Waals surface area (Å²) in [5.74, 6) is -8.68. The molecule has 0 aromatic heterocycles. The molecule has 0 aliphatic carbocycles. The Bertz CT molecular complexity index is 1300. The summed E-state index contributed by atoms with van der Waals surface area (Å²) >= 11 is 0. The Morgan fingerprint density at radius 3 is 1.28 bits per heavy atom. The van der Waals surface area contributed by atoms with E-state index < -0.39 is 81.2 Å². The maximum absolute atomic E-state index is 15.0. The van der Waals surface area contributed by atoms with Gasteiger partial charge in [0.15, 0.2) is 11.6 Å². The molecule has 15 heteroatoms. The topological polar surface area (TPSA) is 70.5 Å². The van der Waals surface area contributed by atoms with Gasteiger partial charge in [-0.2, -0.15) is 43.9 Å². The third-order valence-corrected chi connectivity index (χ3v) is 4.53. The predicted octanol–water partition coefficient (Wildman–Crippen LogP) is 7.77. The molecular weight excluding hydrogens is 521 g/mol. The maximum atomic E-state index is 15.0. The van der Waals surface area contributed by atoms with E-state index in [2.05, 4.69) is 0 Å². The number of anilines is 2. The first kappa shape index (κ1) is 26.7. The molecule has 0 atom stereocenters. The lowest BCUT2D eigenvalue weighted by Crippen LogP contribution is -2.12. The SMILES string of the molecule is Nc1cc(Oc2c(F)cc(C(F)(F)F)c(Oc3ccc(C(F)(F)F)c(N)c3)c2F)ccc1C(F)(F)F. The summed E-state index contributed by atoms with van der Waals surface area (Å²) in [5, 5.41) is 0. The second kappa shape index (κ2) is 8.95. The van der Waals surface area contributed by atoms with Gasteiger partial charge in [0.05, 0.1) is 11.1 Å². The Morgan fingerprint density at radius 2 is 0.917 bits per heavy atom. The van der Waals surface area contributed by atoms with E-state index in [9.17, 15) is 43.9 Å². The van der Waals surface area contributed by atoms with Crippen LogP contribution >= 0.6 is 0 Å². The highest BCUT2D eigenvalue weighted by Gasteiger charge is 2.40. The van der Waals surface area contributed by atoms with Crippen molar-refractivity contribution in [3.8, 4) is 23.0 Å². The number of hydrogen-bond donors (Lipinski definition) is 2. The number of halogens is 11. The number of benzene rings is 3. The van der Waals surface area contributed by atoms with Gasteiger partial charge in [-0.1, -0.05) is 0 Å². The first-order chi connectivity index (χ1) is 16.4. The normalized spacial score (nSPS) is 12.5. The molecule has 0 bridgehead atoms. The highest BCUT2D eigenvalue weighted by Crippen LogP contribution is 2.46. The third kappa shape index (κ3) is 5.49. The zero-order chi connectivity index (χ0) is 27.2. The van der Waals surface area contributed by atoms with Crippen LogP contribution in [0.4, 0.5) is 59.7 Å². The van der Waals surface area contributed by atoms with Crippen molar-refractivity contribution in [2.24, 2.45) is 0 Å². The van der Waals surface area contributed by atoms with Crippen LogP contribution in [0.5, 0.6) is 23.0 Å². The Kier molecular flexibility index (Phi) is 6.63. The molecule has 194 valence electrons. The van der Waals surface area contributed by atoms with E-state index in [-0.39, 0.29) is 6.07 Å². The number of alkyl halides is 9. The number of rotatable bonds is 4. The first-order valence-electron chi connectivity index (χ1n) is 9.28. The minimum atomic E-state index is -5.41. The lowest BCUT2D eigenvalue weighted by molar-refractivity contribution is -0.139. The smallest absolute Gasteiger partial charge is 0.420 e. The zero-order valence-electron chi connectivity index (χ0n) is 17.2. The molecule has 0 spiro atoms. The Hall–Kier alpha value is -3.91.